The second-order valence-corrected chi connectivity index (χ2v) is 10.7. The first-order valence-corrected chi connectivity index (χ1v) is 13.4. The Morgan fingerprint density at radius 3 is 2.53 bits per heavy atom. The van der Waals surface area contributed by atoms with Crippen LogP contribution >= 0.6 is 45.9 Å². The summed E-state index contributed by atoms with van der Waals surface area (Å²) >= 11 is 14.8. The number of halogens is 2. The SMILES string of the molecule is CCOC(=O)c1c(-c2ccc(Cl)cc2)csc1NC(=O)c1cc(-c2ccc(Cl)s2)nc2ccccc12. The lowest BCUT2D eigenvalue weighted by atomic mass is 10.0. The Balaban J connectivity index is 1.57. The summed E-state index contributed by atoms with van der Waals surface area (Å²) in [6.45, 7) is 1.95. The molecule has 36 heavy (non-hydrogen) atoms. The molecular formula is C27H18Cl2N2O3S2. The van der Waals surface area contributed by atoms with Crippen molar-refractivity contribution >= 4 is 73.7 Å². The van der Waals surface area contributed by atoms with Gasteiger partial charge in [0.1, 0.15) is 10.6 Å². The molecule has 5 rings (SSSR count). The molecule has 0 saturated carbocycles. The molecule has 0 atom stereocenters. The predicted octanol–water partition coefficient (Wildman–Crippen LogP) is 8.43. The monoisotopic (exact) mass is 552 g/mol. The Kier molecular flexibility index (Phi) is 7.07. The van der Waals surface area contributed by atoms with Gasteiger partial charge < -0.3 is 10.1 Å². The van der Waals surface area contributed by atoms with Crippen LogP contribution in [0.2, 0.25) is 9.36 Å². The minimum absolute atomic E-state index is 0.212. The van der Waals surface area contributed by atoms with E-state index in [1.165, 1.54) is 22.7 Å². The first-order chi connectivity index (χ1) is 17.4. The van der Waals surface area contributed by atoms with Gasteiger partial charge >= 0.3 is 5.97 Å². The van der Waals surface area contributed by atoms with E-state index < -0.39 is 5.97 Å². The number of thiophene rings is 2. The van der Waals surface area contributed by atoms with Crippen molar-refractivity contribution in [2.24, 2.45) is 0 Å². The van der Waals surface area contributed by atoms with Gasteiger partial charge in [-0.1, -0.05) is 53.5 Å². The van der Waals surface area contributed by atoms with Gasteiger partial charge in [0.2, 0.25) is 0 Å². The second kappa shape index (κ2) is 10.4. The zero-order valence-electron chi connectivity index (χ0n) is 18.9. The molecule has 3 aromatic heterocycles. The molecule has 0 saturated heterocycles. The van der Waals surface area contributed by atoms with Gasteiger partial charge in [0.25, 0.3) is 5.91 Å². The number of ether oxygens (including phenoxy) is 1. The number of aromatic nitrogens is 1. The number of hydrogen-bond acceptors (Lipinski definition) is 6. The quantitative estimate of drug-likeness (QED) is 0.214. The van der Waals surface area contributed by atoms with E-state index in [0.717, 1.165) is 10.4 Å². The van der Waals surface area contributed by atoms with Gasteiger partial charge in [-0.2, -0.15) is 0 Å². The Labute approximate surface area is 225 Å². The molecular weight excluding hydrogens is 535 g/mol. The van der Waals surface area contributed by atoms with Crippen LogP contribution in [0.3, 0.4) is 0 Å². The van der Waals surface area contributed by atoms with Crippen LogP contribution in [-0.2, 0) is 4.74 Å². The molecule has 0 aliphatic heterocycles. The van der Waals surface area contributed by atoms with Crippen molar-refractivity contribution in [2.45, 2.75) is 6.92 Å². The van der Waals surface area contributed by atoms with E-state index in [-0.39, 0.29) is 12.5 Å². The number of anilines is 1. The standard InChI is InChI=1S/C27H18Cl2N2O3S2/c1-2-34-27(33)24-19(15-7-9-16(28)10-8-15)14-35-26(24)31-25(32)18-13-21(22-11-12-23(29)36-22)30-20-6-4-3-5-17(18)20/h3-14H,2H2,1H3,(H,31,32). The van der Waals surface area contributed by atoms with Crippen LogP contribution in [0, 0.1) is 0 Å². The highest BCUT2D eigenvalue weighted by Crippen LogP contribution is 2.38. The van der Waals surface area contributed by atoms with Crippen molar-refractivity contribution in [2.75, 3.05) is 11.9 Å². The van der Waals surface area contributed by atoms with Gasteiger partial charge in [0, 0.05) is 21.4 Å². The van der Waals surface area contributed by atoms with Gasteiger partial charge in [-0.15, -0.1) is 22.7 Å². The fourth-order valence-electron chi connectivity index (χ4n) is 3.81. The topological polar surface area (TPSA) is 68.3 Å². The van der Waals surface area contributed by atoms with Crippen molar-refractivity contribution in [1.29, 1.82) is 0 Å². The summed E-state index contributed by atoms with van der Waals surface area (Å²) in [4.78, 5) is 32.1. The highest BCUT2D eigenvalue weighted by Gasteiger charge is 2.24. The van der Waals surface area contributed by atoms with E-state index >= 15 is 0 Å². The first-order valence-electron chi connectivity index (χ1n) is 11.0. The molecule has 1 amide bonds. The number of para-hydroxylation sites is 1. The summed E-state index contributed by atoms with van der Waals surface area (Å²) in [7, 11) is 0. The molecule has 9 heteroatoms. The van der Waals surface area contributed by atoms with Crippen molar-refractivity contribution in [1.82, 2.24) is 4.98 Å². The van der Waals surface area contributed by atoms with E-state index in [4.69, 9.17) is 32.9 Å². The molecule has 1 N–H and O–H groups in total. The fraction of sp³-hybridized carbons (Fsp3) is 0.0741. The first kappa shape index (κ1) is 24.5. The van der Waals surface area contributed by atoms with E-state index in [2.05, 4.69) is 5.32 Å². The summed E-state index contributed by atoms with van der Waals surface area (Å²) in [5.41, 5.74) is 3.54. The maximum Gasteiger partial charge on any atom is 0.341 e. The number of rotatable bonds is 6. The Morgan fingerprint density at radius 1 is 1.03 bits per heavy atom. The van der Waals surface area contributed by atoms with Crippen molar-refractivity contribution in [3.63, 3.8) is 0 Å². The van der Waals surface area contributed by atoms with Gasteiger partial charge in [0.15, 0.2) is 0 Å². The number of pyridine rings is 1. The number of nitrogens with zero attached hydrogens (tertiary/aromatic N) is 1. The Morgan fingerprint density at radius 2 is 1.81 bits per heavy atom. The predicted molar refractivity (Wildman–Crippen MR) is 149 cm³/mol. The molecule has 0 unspecified atom stereocenters. The maximum absolute atomic E-state index is 13.6. The van der Waals surface area contributed by atoms with Crippen LogP contribution in [-0.4, -0.2) is 23.5 Å². The zero-order chi connectivity index (χ0) is 25.2. The van der Waals surface area contributed by atoms with Gasteiger partial charge in [-0.3, -0.25) is 4.79 Å². The lowest BCUT2D eigenvalue weighted by molar-refractivity contribution is 0.0529. The van der Waals surface area contributed by atoms with Crippen LogP contribution in [0.5, 0.6) is 0 Å². The van der Waals surface area contributed by atoms with E-state index in [0.29, 0.717) is 47.6 Å². The Bertz CT molecular complexity index is 1590. The van der Waals surface area contributed by atoms with Crippen LogP contribution in [0.4, 0.5) is 5.00 Å². The van der Waals surface area contributed by atoms with Gasteiger partial charge in [-0.25, -0.2) is 9.78 Å². The van der Waals surface area contributed by atoms with Crippen LogP contribution in [0.15, 0.2) is 72.1 Å². The molecule has 3 heterocycles. The summed E-state index contributed by atoms with van der Waals surface area (Å²) < 4.78 is 5.96. The average molecular weight is 553 g/mol. The molecule has 5 nitrogen and oxygen atoms in total. The molecule has 0 spiro atoms. The molecule has 0 aliphatic carbocycles. The minimum atomic E-state index is -0.507. The molecule has 2 aromatic carbocycles. The molecule has 180 valence electrons. The largest absolute Gasteiger partial charge is 0.462 e. The lowest BCUT2D eigenvalue weighted by Crippen LogP contribution is -2.15. The van der Waals surface area contributed by atoms with Gasteiger partial charge in [0.05, 0.1) is 32.6 Å². The molecule has 0 aliphatic rings. The lowest BCUT2D eigenvalue weighted by Gasteiger charge is -2.11. The van der Waals surface area contributed by atoms with Crippen LogP contribution < -0.4 is 5.32 Å². The minimum Gasteiger partial charge on any atom is -0.462 e. The third kappa shape index (κ3) is 4.88. The number of benzene rings is 2. The van der Waals surface area contributed by atoms with Crippen molar-refractivity contribution in [3.05, 3.63) is 92.6 Å². The number of esters is 1. The van der Waals surface area contributed by atoms with E-state index in [9.17, 15) is 9.59 Å². The molecule has 0 radical (unpaired) electrons. The van der Waals surface area contributed by atoms with E-state index in [1.54, 1.807) is 31.2 Å². The third-order valence-electron chi connectivity index (χ3n) is 5.44. The van der Waals surface area contributed by atoms with Crippen molar-refractivity contribution < 1.29 is 14.3 Å². The third-order valence-corrected chi connectivity index (χ3v) is 7.84. The average Bonchev–Trinajstić information content (AvgIpc) is 3.50. The second-order valence-electron chi connectivity index (χ2n) is 7.71. The normalized spacial score (nSPS) is 11.0. The number of carbonyl (C=O) groups excluding carboxylic acids is 2. The number of amides is 1. The Hall–Kier alpha value is -3.23. The summed E-state index contributed by atoms with van der Waals surface area (Å²) in [5, 5.41) is 6.47. The smallest absolute Gasteiger partial charge is 0.341 e. The molecule has 0 fully saturated rings. The summed E-state index contributed by atoms with van der Waals surface area (Å²) in [5.74, 6) is -0.861. The number of fused-ring (bicyclic) bond motifs is 1. The van der Waals surface area contributed by atoms with Crippen molar-refractivity contribution in [3.8, 4) is 21.7 Å². The number of nitrogens with one attached hydrogen (secondary N) is 1. The highest BCUT2D eigenvalue weighted by atomic mass is 35.5. The summed E-state index contributed by atoms with van der Waals surface area (Å²) in [6, 6.07) is 20.0. The number of carbonyl (C=O) groups is 2. The zero-order valence-corrected chi connectivity index (χ0v) is 22.0. The highest BCUT2D eigenvalue weighted by molar-refractivity contribution is 7.19. The van der Waals surface area contributed by atoms with Gasteiger partial charge in [-0.05, 0) is 48.9 Å². The number of hydrogen-bond donors (Lipinski definition) is 1. The van der Waals surface area contributed by atoms with E-state index in [1.807, 2.05) is 47.8 Å². The van der Waals surface area contributed by atoms with Crippen LogP contribution in [0.25, 0.3) is 32.6 Å². The molecule has 0 bridgehead atoms. The summed E-state index contributed by atoms with van der Waals surface area (Å²) in [6.07, 6.45) is 0. The fourth-order valence-corrected chi connectivity index (χ4v) is 5.89. The van der Waals surface area contributed by atoms with Crippen LogP contribution in [0.1, 0.15) is 27.6 Å². The maximum atomic E-state index is 13.6. The molecule has 5 aromatic rings.